The lowest BCUT2D eigenvalue weighted by atomic mass is 10.2. The molecule has 1 N–H and O–H groups in total. The van der Waals surface area contributed by atoms with Crippen LogP contribution in [0, 0.1) is 0 Å². The second-order valence-electron chi connectivity index (χ2n) is 3.26. The minimum Gasteiger partial charge on any atom is -0.480 e. The fourth-order valence-corrected chi connectivity index (χ4v) is 2.68. The van der Waals surface area contributed by atoms with Gasteiger partial charge < -0.3 is 5.11 Å². The van der Waals surface area contributed by atoms with Crippen LogP contribution < -0.4 is 0 Å². The summed E-state index contributed by atoms with van der Waals surface area (Å²) in [4.78, 5) is 10.8. The summed E-state index contributed by atoms with van der Waals surface area (Å²) in [6.07, 6.45) is 0.595. The van der Waals surface area contributed by atoms with E-state index in [9.17, 15) is 4.79 Å². The van der Waals surface area contributed by atoms with Crippen molar-refractivity contribution >= 4 is 40.9 Å². The Bertz CT molecular complexity index is 382. The van der Waals surface area contributed by atoms with E-state index in [4.69, 9.17) is 28.3 Å². The fourth-order valence-electron chi connectivity index (χ4n) is 1.21. The lowest BCUT2D eigenvalue weighted by Gasteiger charge is -2.10. The Morgan fingerprint density at radius 2 is 2.19 bits per heavy atom. The van der Waals surface area contributed by atoms with Gasteiger partial charge in [0, 0.05) is 5.75 Å². The molecule has 1 aromatic rings. The molecule has 0 heterocycles. The van der Waals surface area contributed by atoms with Crippen molar-refractivity contribution < 1.29 is 9.90 Å². The molecule has 0 amide bonds. The molecule has 1 atom stereocenters. The number of thioether (sulfide) groups is 1. The first-order valence-corrected chi connectivity index (χ1v) is 6.64. The molecule has 0 aliphatic rings. The second-order valence-corrected chi connectivity index (χ2v) is 5.24. The minimum atomic E-state index is -0.786. The molecule has 1 aromatic carbocycles. The molecule has 1 rings (SSSR count). The van der Waals surface area contributed by atoms with Gasteiger partial charge in [-0.2, -0.15) is 0 Å². The number of carboxylic acid groups (broad SMARTS) is 1. The molecule has 0 aliphatic heterocycles. The molecule has 2 nitrogen and oxygen atoms in total. The van der Waals surface area contributed by atoms with Gasteiger partial charge in [0.2, 0.25) is 0 Å². The molecular weight excluding hydrogens is 267 g/mol. The normalized spacial score (nSPS) is 12.4. The molecular formula is C11H12Cl2O2S. The Kier molecular flexibility index (Phi) is 5.46. The number of hydrogen-bond acceptors (Lipinski definition) is 2. The topological polar surface area (TPSA) is 37.3 Å². The highest BCUT2D eigenvalue weighted by molar-refractivity contribution is 7.99. The van der Waals surface area contributed by atoms with Crippen molar-refractivity contribution in [3.63, 3.8) is 0 Å². The Hall–Kier alpha value is -0.380. The zero-order chi connectivity index (χ0) is 12.1. The molecule has 0 radical (unpaired) electrons. The summed E-state index contributed by atoms with van der Waals surface area (Å²) in [5, 5.41) is 9.52. The average Bonchev–Trinajstić information content (AvgIpc) is 2.24. The first-order valence-electron chi connectivity index (χ1n) is 4.83. The number of benzene rings is 1. The van der Waals surface area contributed by atoms with Crippen molar-refractivity contribution in [1.29, 1.82) is 0 Å². The van der Waals surface area contributed by atoms with Gasteiger partial charge in [0.15, 0.2) is 0 Å². The van der Waals surface area contributed by atoms with Gasteiger partial charge in [0.1, 0.15) is 5.25 Å². The van der Waals surface area contributed by atoms with Crippen molar-refractivity contribution in [2.75, 3.05) is 0 Å². The van der Waals surface area contributed by atoms with Gasteiger partial charge >= 0.3 is 5.97 Å². The molecule has 1 unspecified atom stereocenters. The van der Waals surface area contributed by atoms with Crippen LogP contribution in [0.3, 0.4) is 0 Å². The predicted molar refractivity (Wildman–Crippen MR) is 69.5 cm³/mol. The van der Waals surface area contributed by atoms with Crippen molar-refractivity contribution in [2.24, 2.45) is 0 Å². The molecule has 16 heavy (non-hydrogen) atoms. The van der Waals surface area contributed by atoms with Crippen LogP contribution in [0.25, 0.3) is 0 Å². The first-order chi connectivity index (χ1) is 7.56. The molecule has 88 valence electrons. The van der Waals surface area contributed by atoms with Crippen LogP contribution in [-0.4, -0.2) is 16.3 Å². The number of halogens is 2. The van der Waals surface area contributed by atoms with Gasteiger partial charge in [-0.25, -0.2) is 0 Å². The molecule has 0 saturated heterocycles. The highest BCUT2D eigenvalue weighted by atomic mass is 35.5. The zero-order valence-electron chi connectivity index (χ0n) is 8.74. The van der Waals surface area contributed by atoms with Crippen LogP contribution in [0.2, 0.25) is 10.0 Å². The fraction of sp³-hybridized carbons (Fsp3) is 0.364. The maximum atomic E-state index is 10.8. The van der Waals surface area contributed by atoms with Crippen LogP contribution in [0.5, 0.6) is 0 Å². The van der Waals surface area contributed by atoms with Gasteiger partial charge in [-0.1, -0.05) is 42.3 Å². The van der Waals surface area contributed by atoms with Gasteiger partial charge in [0.05, 0.1) is 10.0 Å². The number of rotatable bonds is 5. The number of carbonyl (C=O) groups is 1. The van der Waals surface area contributed by atoms with Crippen LogP contribution in [0.4, 0.5) is 0 Å². The first kappa shape index (κ1) is 13.7. The van der Waals surface area contributed by atoms with Crippen LogP contribution in [0.15, 0.2) is 18.2 Å². The zero-order valence-corrected chi connectivity index (χ0v) is 11.1. The van der Waals surface area contributed by atoms with Gasteiger partial charge in [-0.05, 0) is 18.1 Å². The van der Waals surface area contributed by atoms with E-state index in [1.54, 1.807) is 6.07 Å². The predicted octanol–water partition coefficient (Wildman–Crippen LogP) is 4.09. The standard InChI is InChI=1S/C11H12Cl2O2S/c1-2-9(11(14)15)16-6-7-4-3-5-8(12)10(7)13/h3-5,9H,2,6H2,1H3,(H,14,15). The minimum absolute atomic E-state index is 0.393. The largest absolute Gasteiger partial charge is 0.480 e. The summed E-state index contributed by atoms with van der Waals surface area (Å²) in [6.45, 7) is 1.85. The second kappa shape index (κ2) is 6.38. The third kappa shape index (κ3) is 3.58. The van der Waals surface area contributed by atoms with E-state index < -0.39 is 11.2 Å². The summed E-state index contributed by atoms with van der Waals surface area (Å²) in [7, 11) is 0. The van der Waals surface area contributed by atoms with E-state index in [-0.39, 0.29) is 0 Å². The third-order valence-electron chi connectivity index (χ3n) is 2.12. The summed E-state index contributed by atoms with van der Waals surface area (Å²) in [5.74, 6) is -0.227. The van der Waals surface area contributed by atoms with Crippen LogP contribution >= 0.6 is 35.0 Å². The Labute approximate surface area is 109 Å². The van der Waals surface area contributed by atoms with Crippen LogP contribution in [-0.2, 0) is 10.5 Å². The van der Waals surface area contributed by atoms with E-state index in [1.807, 2.05) is 19.1 Å². The Morgan fingerprint density at radius 3 is 2.75 bits per heavy atom. The molecule has 0 saturated carbocycles. The SMILES string of the molecule is CCC(SCc1cccc(Cl)c1Cl)C(=O)O. The van der Waals surface area contributed by atoms with Crippen molar-refractivity contribution in [1.82, 2.24) is 0 Å². The number of hydrogen-bond donors (Lipinski definition) is 1. The summed E-state index contributed by atoms with van der Waals surface area (Å²) < 4.78 is 0. The van der Waals surface area contributed by atoms with E-state index in [2.05, 4.69) is 0 Å². The van der Waals surface area contributed by atoms with E-state index in [0.29, 0.717) is 22.2 Å². The summed E-state index contributed by atoms with van der Waals surface area (Å²) >= 11 is 13.2. The smallest absolute Gasteiger partial charge is 0.316 e. The highest BCUT2D eigenvalue weighted by Crippen LogP contribution is 2.30. The van der Waals surface area contributed by atoms with E-state index in [1.165, 1.54) is 11.8 Å². The van der Waals surface area contributed by atoms with Gasteiger partial charge in [0.25, 0.3) is 0 Å². The van der Waals surface area contributed by atoms with Crippen molar-refractivity contribution in [3.05, 3.63) is 33.8 Å². The van der Waals surface area contributed by atoms with E-state index in [0.717, 1.165) is 5.56 Å². The molecule has 0 spiro atoms. The van der Waals surface area contributed by atoms with E-state index >= 15 is 0 Å². The number of carboxylic acids is 1. The van der Waals surface area contributed by atoms with Crippen LogP contribution in [0.1, 0.15) is 18.9 Å². The maximum absolute atomic E-state index is 10.8. The summed E-state index contributed by atoms with van der Waals surface area (Å²) in [6, 6.07) is 5.38. The van der Waals surface area contributed by atoms with Gasteiger partial charge in [-0.3, -0.25) is 4.79 Å². The van der Waals surface area contributed by atoms with Crippen molar-refractivity contribution in [2.45, 2.75) is 24.3 Å². The highest BCUT2D eigenvalue weighted by Gasteiger charge is 2.16. The summed E-state index contributed by atoms with van der Waals surface area (Å²) in [5.41, 5.74) is 0.874. The quantitative estimate of drug-likeness (QED) is 0.882. The number of aliphatic carboxylic acids is 1. The average molecular weight is 279 g/mol. The molecule has 0 bridgehead atoms. The molecule has 0 aliphatic carbocycles. The molecule has 0 fully saturated rings. The molecule has 0 aromatic heterocycles. The van der Waals surface area contributed by atoms with Gasteiger partial charge in [-0.15, -0.1) is 11.8 Å². The Balaban J connectivity index is 2.67. The van der Waals surface area contributed by atoms with Crippen molar-refractivity contribution in [3.8, 4) is 0 Å². The Morgan fingerprint density at radius 1 is 1.50 bits per heavy atom. The maximum Gasteiger partial charge on any atom is 0.316 e. The monoisotopic (exact) mass is 278 g/mol. The lowest BCUT2D eigenvalue weighted by Crippen LogP contribution is -2.15. The lowest BCUT2D eigenvalue weighted by molar-refractivity contribution is -0.136. The molecule has 5 heteroatoms. The third-order valence-corrected chi connectivity index (χ3v) is 4.39.